The Morgan fingerprint density at radius 3 is 2.20 bits per heavy atom. The highest BCUT2D eigenvalue weighted by Crippen LogP contribution is 2.13. The first-order valence-corrected chi connectivity index (χ1v) is 5.13. The van der Waals surface area contributed by atoms with Crippen molar-refractivity contribution in [2.45, 2.75) is 0 Å². The van der Waals surface area contributed by atoms with Gasteiger partial charge < -0.3 is 4.74 Å². The molecule has 0 bridgehead atoms. The van der Waals surface area contributed by atoms with Crippen molar-refractivity contribution in [2.75, 3.05) is 7.11 Å². The molecule has 0 unspecified atom stereocenters. The minimum atomic E-state index is 0.793. The highest BCUT2D eigenvalue weighted by Gasteiger charge is 1.89. The highest BCUT2D eigenvalue weighted by atomic mass is 79.9. The number of aromatic nitrogens is 2. The van der Waals surface area contributed by atoms with Crippen molar-refractivity contribution < 1.29 is 4.74 Å². The summed E-state index contributed by atoms with van der Waals surface area (Å²) in [6, 6.07) is 9.32. The Hall–Kier alpha value is -1.42. The number of methoxy groups -OCH3 is 1. The molecular formula is C11H11BrN2O. The van der Waals surface area contributed by atoms with Crippen LogP contribution in [0.2, 0.25) is 0 Å². The highest BCUT2D eigenvalue weighted by molar-refractivity contribution is 9.10. The van der Waals surface area contributed by atoms with E-state index in [1.807, 2.05) is 18.2 Å². The molecule has 2 rings (SSSR count). The summed E-state index contributed by atoms with van der Waals surface area (Å²) in [5.74, 6) is 0.817. The van der Waals surface area contributed by atoms with Crippen molar-refractivity contribution in [3.63, 3.8) is 0 Å². The molecule has 0 N–H and O–H groups in total. The van der Waals surface area contributed by atoms with Crippen LogP contribution in [0.4, 0.5) is 0 Å². The fourth-order valence-corrected chi connectivity index (χ4v) is 1.17. The number of ether oxygens (including phenoxy) is 1. The van der Waals surface area contributed by atoms with Crippen LogP contribution in [0.25, 0.3) is 0 Å². The van der Waals surface area contributed by atoms with Crippen LogP contribution in [0.1, 0.15) is 0 Å². The first-order chi connectivity index (χ1) is 7.33. The van der Waals surface area contributed by atoms with Gasteiger partial charge in [-0.05, 0) is 34.1 Å². The van der Waals surface area contributed by atoms with E-state index in [1.54, 1.807) is 37.8 Å². The van der Waals surface area contributed by atoms with Crippen molar-refractivity contribution in [3.8, 4) is 5.75 Å². The Morgan fingerprint density at radius 2 is 1.87 bits per heavy atom. The topological polar surface area (TPSA) is 35.0 Å². The van der Waals surface area contributed by atoms with Gasteiger partial charge in [0.15, 0.2) is 0 Å². The van der Waals surface area contributed by atoms with Crippen LogP contribution < -0.4 is 4.74 Å². The van der Waals surface area contributed by atoms with Gasteiger partial charge in [-0.15, -0.1) is 0 Å². The van der Waals surface area contributed by atoms with Crippen LogP contribution in [-0.2, 0) is 0 Å². The maximum atomic E-state index is 4.92. The Morgan fingerprint density at radius 1 is 1.13 bits per heavy atom. The zero-order chi connectivity index (χ0) is 10.9. The smallest absolute Gasteiger partial charge is 0.123 e. The zero-order valence-electron chi connectivity index (χ0n) is 8.30. The van der Waals surface area contributed by atoms with E-state index in [0.717, 1.165) is 10.4 Å². The summed E-state index contributed by atoms with van der Waals surface area (Å²) in [5, 5.41) is 0. The molecule has 0 fully saturated rings. The molecule has 0 atom stereocenters. The first-order valence-electron chi connectivity index (χ1n) is 4.33. The Bertz CT molecular complexity index is 355. The van der Waals surface area contributed by atoms with E-state index in [1.165, 1.54) is 0 Å². The maximum absolute atomic E-state index is 4.92. The van der Waals surface area contributed by atoms with Crippen molar-refractivity contribution in [3.05, 3.63) is 53.5 Å². The zero-order valence-corrected chi connectivity index (χ0v) is 9.89. The van der Waals surface area contributed by atoms with E-state index < -0.39 is 0 Å². The monoisotopic (exact) mass is 266 g/mol. The molecule has 0 aromatic carbocycles. The molecule has 0 aliphatic heterocycles. The summed E-state index contributed by atoms with van der Waals surface area (Å²) in [4.78, 5) is 7.71. The van der Waals surface area contributed by atoms with Crippen LogP contribution in [-0.4, -0.2) is 17.1 Å². The molecule has 2 aromatic heterocycles. The third-order valence-electron chi connectivity index (χ3n) is 1.50. The minimum Gasteiger partial charge on any atom is -0.497 e. The molecule has 78 valence electrons. The number of rotatable bonds is 1. The number of pyridine rings is 2. The van der Waals surface area contributed by atoms with Crippen molar-refractivity contribution in [1.82, 2.24) is 9.97 Å². The van der Waals surface area contributed by atoms with Crippen LogP contribution in [0.3, 0.4) is 0 Å². The lowest BCUT2D eigenvalue weighted by Crippen LogP contribution is -1.82. The van der Waals surface area contributed by atoms with Gasteiger partial charge >= 0.3 is 0 Å². The molecule has 0 spiro atoms. The van der Waals surface area contributed by atoms with Crippen LogP contribution in [0, 0.1) is 0 Å². The van der Waals surface area contributed by atoms with Crippen molar-refractivity contribution in [2.24, 2.45) is 0 Å². The van der Waals surface area contributed by atoms with Crippen LogP contribution >= 0.6 is 15.9 Å². The van der Waals surface area contributed by atoms with Gasteiger partial charge in [0.2, 0.25) is 0 Å². The lowest BCUT2D eigenvalue weighted by Gasteiger charge is -1.96. The largest absolute Gasteiger partial charge is 0.497 e. The van der Waals surface area contributed by atoms with E-state index in [2.05, 4.69) is 25.9 Å². The molecule has 0 aliphatic carbocycles. The summed E-state index contributed by atoms with van der Waals surface area (Å²) in [6.45, 7) is 0. The first kappa shape index (κ1) is 11.7. The normalized spacial score (nSPS) is 8.67. The lowest BCUT2D eigenvalue weighted by atomic mass is 10.5. The maximum Gasteiger partial charge on any atom is 0.123 e. The molecule has 2 aromatic rings. The van der Waals surface area contributed by atoms with Gasteiger partial charge in [0.1, 0.15) is 10.4 Å². The number of hydrogen-bond acceptors (Lipinski definition) is 3. The number of hydrogen-bond donors (Lipinski definition) is 0. The summed E-state index contributed by atoms with van der Waals surface area (Å²) in [7, 11) is 1.63. The molecule has 0 aliphatic rings. The van der Waals surface area contributed by atoms with Gasteiger partial charge in [-0.25, -0.2) is 4.98 Å². The Labute approximate surface area is 97.3 Å². The summed E-state index contributed by atoms with van der Waals surface area (Å²) >= 11 is 3.21. The van der Waals surface area contributed by atoms with E-state index in [-0.39, 0.29) is 0 Å². The third-order valence-corrected chi connectivity index (χ3v) is 1.93. The second-order valence-corrected chi connectivity index (χ2v) is 3.36. The Kier molecular flexibility index (Phi) is 5.40. The molecule has 15 heavy (non-hydrogen) atoms. The number of nitrogens with zero attached hydrogens (tertiary/aromatic N) is 2. The predicted octanol–water partition coefficient (Wildman–Crippen LogP) is 2.93. The molecular weight excluding hydrogens is 256 g/mol. The van der Waals surface area contributed by atoms with Crippen molar-refractivity contribution >= 4 is 15.9 Å². The standard InChI is InChI=1S/C6H6BrNO.C5H5N/c1-9-5-2-3-8-6(7)4-5;1-2-4-6-5-3-1/h2-4H,1H3;1-5H. The lowest BCUT2D eigenvalue weighted by molar-refractivity contribution is 0.414. The van der Waals surface area contributed by atoms with E-state index in [0.29, 0.717) is 0 Å². The summed E-state index contributed by atoms with van der Waals surface area (Å²) < 4.78 is 5.72. The average molecular weight is 267 g/mol. The van der Waals surface area contributed by atoms with Crippen molar-refractivity contribution in [1.29, 1.82) is 0 Å². The average Bonchev–Trinajstić information content (AvgIpc) is 2.32. The molecule has 2 heterocycles. The van der Waals surface area contributed by atoms with Crippen LogP contribution in [0.15, 0.2) is 53.5 Å². The molecule has 3 nitrogen and oxygen atoms in total. The quantitative estimate of drug-likeness (QED) is 0.745. The summed E-state index contributed by atoms with van der Waals surface area (Å²) in [5.41, 5.74) is 0. The summed E-state index contributed by atoms with van der Waals surface area (Å²) in [6.07, 6.45) is 5.18. The predicted molar refractivity (Wildman–Crippen MR) is 62.7 cm³/mol. The van der Waals surface area contributed by atoms with Gasteiger partial charge in [0.25, 0.3) is 0 Å². The SMILES string of the molecule is COc1ccnc(Br)c1.c1ccncc1. The second-order valence-electron chi connectivity index (χ2n) is 2.54. The van der Waals surface area contributed by atoms with Crippen LogP contribution in [0.5, 0.6) is 5.75 Å². The van der Waals surface area contributed by atoms with Gasteiger partial charge in [-0.1, -0.05) is 6.07 Å². The fraction of sp³-hybridized carbons (Fsp3) is 0.0909. The molecule has 4 heteroatoms. The molecule has 0 amide bonds. The van der Waals surface area contributed by atoms with Gasteiger partial charge in [-0.2, -0.15) is 0 Å². The van der Waals surface area contributed by atoms with E-state index in [4.69, 9.17) is 4.74 Å². The minimum absolute atomic E-state index is 0.793. The van der Waals surface area contributed by atoms with E-state index in [9.17, 15) is 0 Å². The third kappa shape index (κ3) is 5.12. The molecule has 0 saturated carbocycles. The van der Waals surface area contributed by atoms with Gasteiger partial charge in [0.05, 0.1) is 7.11 Å². The molecule has 0 radical (unpaired) electrons. The second kappa shape index (κ2) is 6.95. The van der Waals surface area contributed by atoms with E-state index >= 15 is 0 Å². The number of halogens is 1. The molecule has 0 saturated heterocycles. The van der Waals surface area contributed by atoms with Gasteiger partial charge in [-0.3, -0.25) is 4.98 Å². The fourth-order valence-electron chi connectivity index (χ4n) is 0.824. The van der Waals surface area contributed by atoms with Gasteiger partial charge in [0, 0.05) is 24.7 Å². The Balaban J connectivity index is 0.000000162.